The van der Waals surface area contributed by atoms with Crippen LogP contribution < -0.4 is 15.5 Å². The molecule has 26 heavy (non-hydrogen) atoms. The lowest BCUT2D eigenvalue weighted by Crippen LogP contribution is -2.46. The third kappa shape index (κ3) is 6.19. The second-order valence-corrected chi connectivity index (χ2v) is 7.36. The van der Waals surface area contributed by atoms with Crippen molar-refractivity contribution < 1.29 is 4.79 Å². The van der Waals surface area contributed by atoms with Gasteiger partial charge in [0, 0.05) is 50.0 Å². The molecule has 0 bridgehead atoms. The fourth-order valence-corrected chi connectivity index (χ4v) is 2.93. The van der Waals surface area contributed by atoms with Crippen molar-refractivity contribution in [3.63, 3.8) is 0 Å². The van der Waals surface area contributed by atoms with Crippen LogP contribution in [0.3, 0.4) is 0 Å². The van der Waals surface area contributed by atoms with Gasteiger partial charge in [0.1, 0.15) is 6.54 Å². The SMILES string of the molecule is CN(C)C(=O)CN=C(NC1CC1)NC1CCN(c2ccc(Cl)cc2)C1.I. The molecule has 1 atom stereocenters. The molecule has 1 aromatic carbocycles. The molecule has 1 saturated heterocycles. The van der Waals surface area contributed by atoms with Crippen molar-refractivity contribution in [1.29, 1.82) is 0 Å². The zero-order valence-corrected chi connectivity index (χ0v) is 18.3. The fourth-order valence-electron chi connectivity index (χ4n) is 2.80. The summed E-state index contributed by atoms with van der Waals surface area (Å²) < 4.78 is 0. The van der Waals surface area contributed by atoms with Crippen LogP contribution in [0.1, 0.15) is 19.3 Å². The van der Waals surface area contributed by atoms with Gasteiger partial charge in [-0.25, -0.2) is 4.99 Å². The number of guanidine groups is 1. The molecule has 2 aliphatic rings. The van der Waals surface area contributed by atoms with Gasteiger partial charge < -0.3 is 20.4 Å². The number of hydrogen-bond acceptors (Lipinski definition) is 3. The first-order chi connectivity index (χ1) is 12.0. The molecule has 1 unspecified atom stereocenters. The van der Waals surface area contributed by atoms with Gasteiger partial charge in [-0.05, 0) is 43.5 Å². The third-order valence-corrected chi connectivity index (χ3v) is 4.76. The maximum Gasteiger partial charge on any atom is 0.243 e. The molecule has 2 fully saturated rings. The quantitative estimate of drug-likeness (QED) is 0.377. The molecule has 0 aromatic heterocycles. The summed E-state index contributed by atoms with van der Waals surface area (Å²) in [5.74, 6) is 0.756. The molecule has 1 heterocycles. The number of rotatable bonds is 5. The molecule has 0 spiro atoms. The molecule has 8 heteroatoms. The van der Waals surface area contributed by atoms with E-state index in [2.05, 4.69) is 32.7 Å². The highest BCUT2D eigenvalue weighted by Crippen LogP contribution is 2.22. The molecule has 0 radical (unpaired) electrons. The minimum Gasteiger partial charge on any atom is -0.369 e. The summed E-state index contributed by atoms with van der Waals surface area (Å²) >= 11 is 5.97. The number of carbonyl (C=O) groups excluding carboxylic acids is 1. The van der Waals surface area contributed by atoms with Gasteiger partial charge in [0.2, 0.25) is 5.91 Å². The Bertz CT molecular complexity index is 633. The lowest BCUT2D eigenvalue weighted by atomic mass is 10.2. The van der Waals surface area contributed by atoms with Crippen molar-refractivity contribution in [2.45, 2.75) is 31.3 Å². The van der Waals surface area contributed by atoms with Gasteiger partial charge in [-0.15, -0.1) is 24.0 Å². The first-order valence-corrected chi connectivity index (χ1v) is 9.17. The topological polar surface area (TPSA) is 60.0 Å². The van der Waals surface area contributed by atoms with Crippen molar-refractivity contribution in [3.05, 3.63) is 29.3 Å². The summed E-state index contributed by atoms with van der Waals surface area (Å²) in [5, 5.41) is 7.66. The van der Waals surface area contributed by atoms with E-state index in [1.807, 2.05) is 12.1 Å². The maximum atomic E-state index is 11.8. The first-order valence-electron chi connectivity index (χ1n) is 8.79. The second-order valence-electron chi connectivity index (χ2n) is 6.92. The van der Waals surface area contributed by atoms with E-state index in [-0.39, 0.29) is 36.4 Å². The summed E-state index contributed by atoms with van der Waals surface area (Å²) in [5.41, 5.74) is 1.19. The Morgan fingerprint density at radius 2 is 1.85 bits per heavy atom. The van der Waals surface area contributed by atoms with Crippen LogP contribution in [-0.2, 0) is 4.79 Å². The molecule has 144 valence electrons. The summed E-state index contributed by atoms with van der Waals surface area (Å²) in [4.78, 5) is 20.2. The van der Waals surface area contributed by atoms with Gasteiger partial charge in [0.25, 0.3) is 0 Å². The molecular weight excluding hydrogens is 465 g/mol. The minimum absolute atomic E-state index is 0. The number of amides is 1. The number of halogens is 2. The molecule has 1 aliphatic heterocycles. The van der Waals surface area contributed by atoms with Crippen LogP contribution in [0.2, 0.25) is 5.02 Å². The fraction of sp³-hybridized carbons (Fsp3) is 0.556. The van der Waals surface area contributed by atoms with Crippen LogP contribution in [-0.4, -0.2) is 62.6 Å². The summed E-state index contributed by atoms with van der Waals surface area (Å²) in [7, 11) is 3.50. The Kier molecular flexibility index (Phi) is 7.82. The molecule has 3 rings (SSSR count). The van der Waals surface area contributed by atoms with Crippen molar-refractivity contribution in [2.24, 2.45) is 4.99 Å². The number of anilines is 1. The van der Waals surface area contributed by atoms with E-state index in [1.165, 1.54) is 18.5 Å². The zero-order valence-electron chi connectivity index (χ0n) is 15.2. The lowest BCUT2D eigenvalue weighted by molar-refractivity contribution is -0.127. The highest BCUT2D eigenvalue weighted by Gasteiger charge is 2.27. The average Bonchev–Trinajstić information content (AvgIpc) is 3.28. The van der Waals surface area contributed by atoms with Gasteiger partial charge >= 0.3 is 0 Å². The normalized spacial score (nSPS) is 19.7. The van der Waals surface area contributed by atoms with E-state index in [0.717, 1.165) is 30.5 Å². The molecule has 1 aromatic rings. The van der Waals surface area contributed by atoms with E-state index < -0.39 is 0 Å². The minimum atomic E-state index is 0. The molecule has 1 saturated carbocycles. The van der Waals surface area contributed by atoms with Gasteiger partial charge in [0.15, 0.2) is 5.96 Å². The number of nitrogens with zero attached hydrogens (tertiary/aromatic N) is 3. The molecular formula is C18H27ClIN5O. The van der Waals surface area contributed by atoms with Crippen molar-refractivity contribution >= 4 is 53.1 Å². The standard InChI is InChI=1S/C18H26ClN5O.HI/c1-23(2)17(25)11-20-18(21-14-5-6-14)22-15-9-10-24(12-15)16-7-3-13(19)4-8-16;/h3-4,7-8,14-15H,5-6,9-12H2,1-2H3,(H2,20,21,22);1H. The summed E-state index contributed by atoms with van der Waals surface area (Å²) in [6, 6.07) is 8.76. The van der Waals surface area contributed by atoms with Crippen LogP contribution in [0.15, 0.2) is 29.3 Å². The number of nitrogens with one attached hydrogen (secondary N) is 2. The largest absolute Gasteiger partial charge is 0.369 e. The van der Waals surface area contributed by atoms with E-state index in [4.69, 9.17) is 11.6 Å². The number of hydrogen-bond donors (Lipinski definition) is 2. The van der Waals surface area contributed by atoms with Gasteiger partial charge in [-0.2, -0.15) is 0 Å². The number of carbonyl (C=O) groups is 1. The van der Waals surface area contributed by atoms with E-state index in [0.29, 0.717) is 12.1 Å². The summed E-state index contributed by atoms with van der Waals surface area (Å²) in [6.07, 6.45) is 3.38. The summed E-state index contributed by atoms with van der Waals surface area (Å²) in [6.45, 7) is 2.07. The predicted octanol–water partition coefficient (Wildman–Crippen LogP) is 2.32. The Morgan fingerprint density at radius 1 is 1.19 bits per heavy atom. The molecule has 6 nitrogen and oxygen atoms in total. The Morgan fingerprint density at radius 3 is 2.46 bits per heavy atom. The van der Waals surface area contributed by atoms with Crippen molar-refractivity contribution in [3.8, 4) is 0 Å². The number of benzene rings is 1. The monoisotopic (exact) mass is 491 g/mol. The Hall–Kier alpha value is -1.22. The van der Waals surface area contributed by atoms with Gasteiger partial charge in [-0.3, -0.25) is 4.79 Å². The van der Waals surface area contributed by atoms with Gasteiger partial charge in [-0.1, -0.05) is 11.6 Å². The molecule has 1 aliphatic carbocycles. The zero-order chi connectivity index (χ0) is 17.8. The lowest BCUT2D eigenvalue weighted by Gasteiger charge is -2.21. The maximum absolute atomic E-state index is 11.8. The third-order valence-electron chi connectivity index (χ3n) is 4.51. The Balaban J connectivity index is 0.00000243. The van der Waals surface area contributed by atoms with E-state index in [9.17, 15) is 4.79 Å². The van der Waals surface area contributed by atoms with Crippen LogP contribution in [0.4, 0.5) is 5.69 Å². The predicted molar refractivity (Wildman–Crippen MR) is 118 cm³/mol. The molecule has 2 N–H and O–H groups in total. The second kappa shape index (κ2) is 9.64. The highest BCUT2D eigenvalue weighted by atomic mass is 127. The van der Waals surface area contributed by atoms with Crippen molar-refractivity contribution in [2.75, 3.05) is 38.6 Å². The van der Waals surface area contributed by atoms with Crippen LogP contribution in [0, 0.1) is 0 Å². The van der Waals surface area contributed by atoms with Crippen LogP contribution >= 0.6 is 35.6 Å². The number of aliphatic imine (C=N–C) groups is 1. The highest BCUT2D eigenvalue weighted by molar-refractivity contribution is 14.0. The average molecular weight is 492 g/mol. The first kappa shape index (κ1) is 21.1. The Labute approximate surface area is 177 Å². The van der Waals surface area contributed by atoms with E-state index >= 15 is 0 Å². The van der Waals surface area contributed by atoms with Crippen molar-refractivity contribution in [1.82, 2.24) is 15.5 Å². The van der Waals surface area contributed by atoms with E-state index in [1.54, 1.807) is 19.0 Å². The van der Waals surface area contributed by atoms with Crippen LogP contribution in [0.25, 0.3) is 0 Å². The molecule has 1 amide bonds. The smallest absolute Gasteiger partial charge is 0.243 e. The van der Waals surface area contributed by atoms with Gasteiger partial charge in [0.05, 0.1) is 0 Å². The number of likely N-dealkylation sites (N-methyl/N-ethyl adjacent to an activating group) is 1. The van der Waals surface area contributed by atoms with Crippen LogP contribution in [0.5, 0.6) is 0 Å².